The Labute approximate surface area is 160 Å². The van der Waals surface area contributed by atoms with Crippen LogP contribution in [0.15, 0.2) is 42.9 Å². The quantitative estimate of drug-likeness (QED) is 0.631. The molecule has 8 heteroatoms. The highest BCUT2D eigenvalue weighted by Crippen LogP contribution is 2.23. The molecule has 3 N–H and O–H groups in total. The predicted octanol–water partition coefficient (Wildman–Crippen LogP) is 0.440. The van der Waals surface area contributed by atoms with Crippen LogP contribution in [-0.2, 0) is 4.79 Å². The van der Waals surface area contributed by atoms with E-state index in [0.717, 1.165) is 5.56 Å². The lowest BCUT2D eigenvalue weighted by atomic mass is 10.0. The zero-order valence-electron chi connectivity index (χ0n) is 15.1. The van der Waals surface area contributed by atoms with Crippen LogP contribution in [0.2, 0.25) is 0 Å². The monoisotopic (exact) mass is 375 g/mol. The van der Waals surface area contributed by atoms with Crippen molar-refractivity contribution in [2.45, 2.75) is 12.0 Å². The average Bonchev–Trinajstić information content (AvgIpc) is 3.27. The number of nitrogens with zero attached hydrogens (tertiary/aromatic N) is 4. The van der Waals surface area contributed by atoms with Gasteiger partial charge in [0.25, 0.3) is 11.8 Å². The molecule has 0 saturated carbocycles. The normalized spacial score (nSPS) is 18.9. The Morgan fingerprint density at radius 3 is 2.71 bits per heavy atom. The molecule has 1 aromatic carbocycles. The molecular weight excluding hydrogens is 358 g/mol. The maximum atomic E-state index is 12.0. The van der Waals surface area contributed by atoms with Gasteiger partial charge >= 0.3 is 0 Å². The fourth-order valence-corrected chi connectivity index (χ4v) is 3.10. The minimum Gasteiger partial charge on any atom is -0.369 e. The first-order valence-corrected chi connectivity index (χ1v) is 8.62. The van der Waals surface area contributed by atoms with E-state index >= 15 is 0 Å². The Bertz CT molecular complexity index is 1160. The minimum atomic E-state index is -1.63. The van der Waals surface area contributed by atoms with Gasteiger partial charge in [0.05, 0.1) is 0 Å². The van der Waals surface area contributed by atoms with E-state index in [9.17, 15) is 14.7 Å². The van der Waals surface area contributed by atoms with Crippen LogP contribution < -0.4 is 5.73 Å². The molecule has 28 heavy (non-hydrogen) atoms. The molecule has 0 aliphatic carbocycles. The first-order valence-electron chi connectivity index (χ1n) is 8.62. The minimum absolute atomic E-state index is 0.135. The third kappa shape index (κ3) is 2.98. The summed E-state index contributed by atoms with van der Waals surface area (Å²) in [5.41, 5.74) is 6.37. The number of imidazole rings is 1. The Balaban J connectivity index is 1.68. The standard InChI is InChI=1S/C20H17N5O3/c1-24-10-8-20(28,19(24)27)7-6-13-2-4-14(5-3-13)16-18-22-9-11-25(18)12-15(23-16)17(21)26/h2-5,9,11-12,28H,8,10H2,1H3,(H2,21,26)/t20-/m1/s1. The van der Waals surface area contributed by atoms with Crippen LogP contribution in [0, 0.1) is 11.8 Å². The van der Waals surface area contributed by atoms with Gasteiger partial charge in [0, 0.05) is 49.7 Å². The van der Waals surface area contributed by atoms with Crippen molar-refractivity contribution in [3.8, 4) is 23.1 Å². The van der Waals surface area contributed by atoms with Crippen LogP contribution in [-0.4, -0.2) is 55.4 Å². The number of likely N-dealkylation sites (tertiary alicyclic amines) is 1. The highest BCUT2D eigenvalue weighted by Gasteiger charge is 2.42. The smallest absolute Gasteiger partial charge is 0.268 e. The van der Waals surface area contributed by atoms with E-state index in [0.29, 0.717) is 23.4 Å². The fourth-order valence-electron chi connectivity index (χ4n) is 3.10. The summed E-state index contributed by atoms with van der Waals surface area (Å²) in [5, 5.41) is 10.4. The van der Waals surface area contributed by atoms with Gasteiger partial charge < -0.3 is 20.1 Å². The van der Waals surface area contributed by atoms with Gasteiger partial charge in [0.15, 0.2) is 5.65 Å². The molecule has 140 valence electrons. The van der Waals surface area contributed by atoms with Crippen molar-refractivity contribution < 1.29 is 14.7 Å². The van der Waals surface area contributed by atoms with Crippen LogP contribution in [0.4, 0.5) is 0 Å². The van der Waals surface area contributed by atoms with Crippen molar-refractivity contribution in [3.63, 3.8) is 0 Å². The topological polar surface area (TPSA) is 114 Å². The Kier molecular flexibility index (Phi) is 4.09. The van der Waals surface area contributed by atoms with Crippen molar-refractivity contribution in [1.82, 2.24) is 19.3 Å². The van der Waals surface area contributed by atoms with Gasteiger partial charge in [-0.05, 0) is 12.1 Å². The first-order chi connectivity index (χ1) is 13.4. The zero-order valence-corrected chi connectivity index (χ0v) is 15.1. The molecule has 0 bridgehead atoms. The summed E-state index contributed by atoms with van der Waals surface area (Å²) >= 11 is 0. The van der Waals surface area contributed by atoms with Crippen LogP contribution in [0.3, 0.4) is 0 Å². The van der Waals surface area contributed by atoms with E-state index in [4.69, 9.17) is 5.73 Å². The summed E-state index contributed by atoms with van der Waals surface area (Å²) in [6.45, 7) is 0.477. The average molecular weight is 375 g/mol. The molecule has 2 amide bonds. The lowest BCUT2D eigenvalue weighted by Crippen LogP contribution is -2.37. The molecule has 3 heterocycles. The maximum absolute atomic E-state index is 12.0. The maximum Gasteiger partial charge on any atom is 0.268 e. The summed E-state index contributed by atoms with van der Waals surface area (Å²) in [6.07, 6.45) is 5.14. The van der Waals surface area contributed by atoms with E-state index < -0.39 is 11.5 Å². The van der Waals surface area contributed by atoms with Gasteiger partial charge in [-0.3, -0.25) is 9.59 Å². The summed E-state index contributed by atoms with van der Waals surface area (Å²) in [5.74, 6) is 4.53. The predicted molar refractivity (Wildman–Crippen MR) is 101 cm³/mol. The largest absolute Gasteiger partial charge is 0.369 e. The third-order valence-corrected chi connectivity index (χ3v) is 4.71. The number of fused-ring (bicyclic) bond motifs is 1. The molecule has 3 aromatic rings. The highest BCUT2D eigenvalue weighted by molar-refractivity contribution is 5.92. The SMILES string of the molecule is CN1CC[C@](O)(C#Cc2ccc(-c3nc(C(N)=O)cn4ccnc34)cc2)C1=O. The van der Waals surface area contributed by atoms with Crippen molar-refractivity contribution in [2.75, 3.05) is 13.6 Å². The van der Waals surface area contributed by atoms with E-state index in [2.05, 4.69) is 21.8 Å². The Morgan fingerprint density at radius 1 is 1.32 bits per heavy atom. The molecule has 1 saturated heterocycles. The number of hydrogen-bond acceptors (Lipinski definition) is 5. The van der Waals surface area contributed by atoms with Crippen LogP contribution in [0.5, 0.6) is 0 Å². The molecule has 4 rings (SSSR count). The molecule has 1 atom stereocenters. The molecule has 1 fully saturated rings. The van der Waals surface area contributed by atoms with Gasteiger partial charge in [-0.2, -0.15) is 0 Å². The van der Waals surface area contributed by atoms with Gasteiger partial charge in [-0.15, -0.1) is 0 Å². The fraction of sp³-hybridized carbons (Fsp3) is 0.200. The van der Waals surface area contributed by atoms with Crippen LogP contribution >= 0.6 is 0 Å². The second-order valence-corrected chi connectivity index (χ2v) is 6.66. The van der Waals surface area contributed by atoms with Crippen LogP contribution in [0.1, 0.15) is 22.5 Å². The van der Waals surface area contributed by atoms with E-state index in [1.165, 1.54) is 11.1 Å². The van der Waals surface area contributed by atoms with Gasteiger partial charge in [0.2, 0.25) is 5.60 Å². The van der Waals surface area contributed by atoms with Crippen molar-refractivity contribution in [1.29, 1.82) is 0 Å². The second-order valence-electron chi connectivity index (χ2n) is 6.66. The molecule has 1 aliphatic heterocycles. The molecule has 0 spiro atoms. The summed E-state index contributed by atoms with van der Waals surface area (Å²) in [4.78, 5) is 33.6. The van der Waals surface area contributed by atoms with E-state index in [-0.39, 0.29) is 18.0 Å². The molecule has 0 radical (unpaired) electrons. The number of nitrogens with two attached hydrogens (primary N) is 1. The molecular formula is C20H17N5O3. The van der Waals surface area contributed by atoms with Crippen molar-refractivity contribution >= 4 is 17.5 Å². The number of amides is 2. The Hall–Kier alpha value is -3.70. The molecule has 0 unspecified atom stereocenters. The summed E-state index contributed by atoms with van der Waals surface area (Å²) in [7, 11) is 1.64. The zero-order chi connectivity index (χ0) is 19.9. The van der Waals surface area contributed by atoms with E-state index in [1.54, 1.807) is 48.1 Å². The molecule has 8 nitrogen and oxygen atoms in total. The van der Waals surface area contributed by atoms with Crippen LogP contribution in [0.25, 0.3) is 16.9 Å². The Morgan fingerprint density at radius 2 is 2.07 bits per heavy atom. The summed E-state index contributed by atoms with van der Waals surface area (Å²) in [6, 6.07) is 7.09. The lowest BCUT2D eigenvalue weighted by molar-refractivity contribution is -0.137. The summed E-state index contributed by atoms with van der Waals surface area (Å²) < 4.78 is 1.69. The number of benzene rings is 1. The van der Waals surface area contributed by atoms with Gasteiger partial charge in [-0.25, -0.2) is 9.97 Å². The van der Waals surface area contributed by atoms with Gasteiger partial charge in [0.1, 0.15) is 11.4 Å². The highest BCUT2D eigenvalue weighted by atomic mass is 16.3. The number of likely N-dealkylation sites (N-methyl/N-ethyl adjacent to an activating group) is 1. The van der Waals surface area contributed by atoms with E-state index in [1.807, 2.05) is 0 Å². The second kappa shape index (κ2) is 6.48. The number of carbonyl (C=O) groups excluding carboxylic acids is 2. The third-order valence-electron chi connectivity index (χ3n) is 4.71. The number of aliphatic hydroxyl groups is 1. The number of hydrogen-bond donors (Lipinski definition) is 2. The van der Waals surface area contributed by atoms with Crippen molar-refractivity contribution in [3.05, 3.63) is 54.1 Å². The molecule has 2 aromatic heterocycles. The number of aromatic nitrogens is 3. The first kappa shape index (κ1) is 17.7. The number of carbonyl (C=O) groups is 2. The molecule has 1 aliphatic rings. The number of rotatable bonds is 2. The number of primary amides is 1. The van der Waals surface area contributed by atoms with Gasteiger partial charge in [-0.1, -0.05) is 24.0 Å². The van der Waals surface area contributed by atoms with Crippen molar-refractivity contribution in [2.24, 2.45) is 5.73 Å². The lowest BCUT2D eigenvalue weighted by Gasteiger charge is -2.13.